The van der Waals surface area contributed by atoms with Crippen molar-refractivity contribution >= 4 is 0 Å². The topological polar surface area (TPSA) is 75.2 Å². The molecule has 0 spiro atoms. The predicted molar refractivity (Wildman–Crippen MR) is 90.8 cm³/mol. The summed E-state index contributed by atoms with van der Waals surface area (Å²) in [7, 11) is 0. The van der Waals surface area contributed by atoms with E-state index in [-0.39, 0.29) is 12.2 Å². The third-order valence-electron chi connectivity index (χ3n) is 3.55. The van der Waals surface area contributed by atoms with Crippen molar-refractivity contribution < 1.29 is 9.84 Å². The SMILES string of the molecule is CCCc1nc(C)c(-c2ccc(OC(C)(C)CO)cc2)c(=O)[nH]1. The monoisotopic (exact) mass is 316 g/mol. The molecule has 0 fully saturated rings. The second kappa shape index (κ2) is 6.96. The lowest BCUT2D eigenvalue weighted by atomic mass is 10.1. The fourth-order valence-electron chi connectivity index (χ4n) is 2.38. The van der Waals surface area contributed by atoms with Crippen molar-refractivity contribution in [3.63, 3.8) is 0 Å². The van der Waals surface area contributed by atoms with Gasteiger partial charge in [0.05, 0.1) is 17.9 Å². The molecule has 23 heavy (non-hydrogen) atoms. The molecule has 2 N–H and O–H groups in total. The number of hydrogen-bond donors (Lipinski definition) is 2. The molecule has 124 valence electrons. The summed E-state index contributed by atoms with van der Waals surface area (Å²) in [4.78, 5) is 19.7. The Morgan fingerprint density at radius 1 is 1.26 bits per heavy atom. The highest BCUT2D eigenvalue weighted by Crippen LogP contribution is 2.24. The first-order valence-corrected chi connectivity index (χ1v) is 7.86. The Hall–Kier alpha value is -2.14. The zero-order chi connectivity index (χ0) is 17.0. The molecule has 0 amide bonds. The van der Waals surface area contributed by atoms with Gasteiger partial charge in [0.2, 0.25) is 0 Å². The van der Waals surface area contributed by atoms with Crippen LogP contribution in [0.1, 0.15) is 38.7 Å². The van der Waals surface area contributed by atoms with Crippen molar-refractivity contribution in [1.82, 2.24) is 9.97 Å². The summed E-state index contributed by atoms with van der Waals surface area (Å²) in [5.74, 6) is 1.38. The third-order valence-corrected chi connectivity index (χ3v) is 3.55. The van der Waals surface area contributed by atoms with E-state index in [1.165, 1.54) is 0 Å². The Balaban J connectivity index is 2.31. The minimum atomic E-state index is -0.641. The van der Waals surface area contributed by atoms with Gasteiger partial charge in [0.25, 0.3) is 5.56 Å². The highest BCUT2D eigenvalue weighted by molar-refractivity contribution is 5.65. The van der Waals surface area contributed by atoms with E-state index in [2.05, 4.69) is 16.9 Å². The molecule has 0 unspecified atom stereocenters. The van der Waals surface area contributed by atoms with Crippen molar-refractivity contribution in [2.24, 2.45) is 0 Å². The molecule has 0 aliphatic heterocycles. The first kappa shape index (κ1) is 17.2. The fraction of sp³-hybridized carbons (Fsp3) is 0.444. The van der Waals surface area contributed by atoms with Crippen molar-refractivity contribution in [3.05, 3.63) is 46.1 Å². The molecule has 5 heteroatoms. The van der Waals surface area contributed by atoms with Gasteiger partial charge in [0.1, 0.15) is 17.2 Å². The van der Waals surface area contributed by atoms with E-state index in [4.69, 9.17) is 4.74 Å². The second-order valence-corrected chi connectivity index (χ2v) is 6.27. The van der Waals surface area contributed by atoms with Crippen LogP contribution in [0.4, 0.5) is 0 Å². The van der Waals surface area contributed by atoms with Crippen molar-refractivity contribution in [1.29, 1.82) is 0 Å². The molecule has 1 aromatic carbocycles. The first-order valence-electron chi connectivity index (χ1n) is 7.86. The summed E-state index contributed by atoms with van der Waals surface area (Å²) in [6, 6.07) is 7.26. The number of aliphatic hydroxyl groups is 1. The van der Waals surface area contributed by atoms with Gasteiger partial charge in [-0.25, -0.2) is 4.98 Å². The second-order valence-electron chi connectivity index (χ2n) is 6.27. The van der Waals surface area contributed by atoms with E-state index in [9.17, 15) is 9.90 Å². The molecule has 2 rings (SSSR count). The molecule has 0 saturated heterocycles. The number of aromatic nitrogens is 2. The summed E-state index contributed by atoms with van der Waals surface area (Å²) in [6.45, 7) is 7.45. The average Bonchev–Trinajstić information content (AvgIpc) is 2.48. The zero-order valence-corrected chi connectivity index (χ0v) is 14.1. The predicted octanol–water partition coefficient (Wildman–Crippen LogP) is 2.85. The van der Waals surface area contributed by atoms with Crippen LogP contribution in [0.5, 0.6) is 5.75 Å². The highest BCUT2D eigenvalue weighted by Gasteiger charge is 2.18. The van der Waals surface area contributed by atoms with Gasteiger partial charge < -0.3 is 14.8 Å². The van der Waals surface area contributed by atoms with Gasteiger partial charge in [-0.3, -0.25) is 4.79 Å². The zero-order valence-electron chi connectivity index (χ0n) is 14.1. The van der Waals surface area contributed by atoms with E-state index >= 15 is 0 Å². The minimum absolute atomic E-state index is 0.0731. The van der Waals surface area contributed by atoms with Crippen LogP contribution in [0.25, 0.3) is 11.1 Å². The largest absolute Gasteiger partial charge is 0.485 e. The van der Waals surface area contributed by atoms with Crippen LogP contribution in [0, 0.1) is 6.92 Å². The number of aromatic amines is 1. The molecular formula is C18H24N2O3. The number of nitrogens with zero attached hydrogens (tertiary/aromatic N) is 1. The highest BCUT2D eigenvalue weighted by atomic mass is 16.5. The molecule has 0 bridgehead atoms. The summed E-state index contributed by atoms with van der Waals surface area (Å²) in [5.41, 5.74) is 1.34. The number of hydrogen-bond acceptors (Lipinski definition) is 4. The Kier molecular flexibility index (Phi) is 5.21. The number of ether oxygens (including phenoxy) is 1. The van der Waals surface area contributed by atoms with E-state index in [1.54, 1.807) is 12.1 Å². The quantitative estimate of drug-likeness (QED) is 0.859. The molecule has 0 atom stereocenters. The van der Waals surface area contributed by atoms with Crippen molar-refractivity contribution in [3.8, 4) is 16.9 Å². The molecule has 5 nitrogen and oxygen atoms in total. The standard InChI is InChI=1S/C18H24N2O3/c1-5-6-15-19-12(2)16(17(22)20-15)13-7-9-14(10-8-13)23-18(3,4)11-21/h7-10,21H,5-6,11H2,1-4H3,(H,19,20,22). The lowest BCUT2D eigenvalue weighted by Crippen LogP contribution is -2.32. The van der Waals surface area contributed by atoms with Crippen LogP contribution >= 0.6 is 0 Å². The van der Waals surface area contributed by atoms with E-state index in [0.29, 0.717) is 11.3 Å². The van der Waals surface area contributed by atoms with Crippen molar-refractivity contribution in [2.45, 2.75) is 46.1 Å². The summed E-state index contributed by atoms with van der Waals surface area (Å²) < 4.78 is 5.70. The number of rotatable bonds is 6. The molecule has 1 aromatic heterocycles. The van der Waals surface area contributed by atoms with Crippen LogP contribution in [0.3, 0.4) is 0 Å². The van der Waals surface area contributed by atoms with E-state index < -0.39 is 5.60 Å². The lowest BCUT2D eigenvalue weighted by molar-refractivity contribution is 0.0413. The number of H-pyrrole nitrogens is 1. The first-order chi connectivity index (χ1) is 10.9. The normalized spacial score (nSPS) is 11.5. The Morgan fingerprint density at radius 3 is 2.43 bits per heavy atom. The smallest absolute Gasteiger partial charge is 0.259 e. The summed E-state index contributed by atoms with van der Waals surface area (Å²) >= 11 is 0. The third kappa shape index (κ3) is 4.20. The number of benzene rings is 1. The molecule has 0 aliphatic carbocycles. The fourth-order valence-corrected chi connectivity index (χ4v) is 2.38. The van der Waals surface area contributed by atoms with Crippen LogP contribution in [-0.2, 0) is 6.42 Å². The van der Waals surface area contributed by atoms with Gasteiger partial charge in [0.15, 0.2) is 0 Å². The minimum Gasteiger partial charge on any atom is -0.485 e. The van der Waals surface area contributed by atoms with Gasteiger partial charge in [0, 0.05) is 6.42 Å². The summed E-state index contributed by atoms with van der Waals surface area (Å²) in [5, 5.41) is 9.25. The maximum atomic E-state index is 12.3. The van der Waals surface area contributed by atoms with Gasteiger partial charge in [-0.1, -0.05) is 19.1 Å². The van der Waals surface area contributed by atoms with Gasteiger partial charge in [-0.2, -0.15) is 0 Å². The van der Waals surface area contributed by atoms with Gasteiger partial charge in [-0.05, 0) is 44.9 Å². The summed E-state index contributed by atoms with van der Waals surface area (Å²) in [6.07, 6.45) is 1.70. The average molecular weight is 316 g/mol. The lowest BCUT2D eigenvalue weighted by Gasteiger charge is -2.24. The van der Waals surface area contributed by atoms with E-state index in [1.807, 2.05) is 32.9 Å². The molecule has 0 aliphatic rings. The van der Waals surface area contributed by atoms with Gasteiger partial charge >= 0.3 is 0 Å². The molecular weight excluding hydrogens is 292 g/mol. The number of nitrogens with one attached hydrogen (secondary N) is 1. The molecule has 0 saturated carbocycles. The van der Waals surface area contributed by atoms with Crippen LogP contribution in [-0.4, -0.2) is 27.3 Å². The van der Waals surface area contributed by atoms with Crippen molar-refractivity contribution in [2.75, 3.05) is 6.61 Å². The molecule has 0 radical (unpaired) electrons. The Labute approximate surface area is 136 Å². The Morgan fingerprint density at radius 2 is 1.91 bits per heavy atom. The maximum absolute atomic E-state index is 12.3. The maximum Gasteiger partial charge on any atom is 0.259 e. The van der Waals surface area contributed by atoms with E-state index in [0.717, 1.165) is 29.9 Å². The van der Waals surface area contributed by atoms with Crippen LogP contribution in [0.15, 0.2) is 29.1 Å². The van der Waals surface area contributed by atoms with Crippen LogP contribution < -0.4 is 10.3 Å². The van der Waals surface area contributed by atoms with Gasteiger partial charge in [-0.15, -0.1) is 0 Å². The molecule has 2 aromatic rings. The number of aryl methyl sites for hydroxylation is 2. The number of aliphatic hydroxyl groups excluding tert-OH is 1. The molecule has 1 heterocycles. The Bertz CT molecular complexity index is 718. The van der Waals surface area contributed by atoms with Crippen LogP contribution in [0.2, 0.25) is 0 Å².